The van der Waals surface area contributed by atoms with E-state index in [1.54, 1.807) is 6.07 Å². The van der Waals surface area contributed by atoms with Crippen molar-refractivity contribution in [1.29, 1.82) is 0 Å². The molecule has 0 fully saturated rings. The number of aromatic nitrogens is 2. The van der Waals surface area contributed by atoms with Crippen LogP contribution in [0.4, 0.5) is 5.95 Å². The van der Waals surface area contributed by atoms with Crippen LogP contribution in [-0.4, -0.2) is 21.7 Å². The van der Waals surface area contributed by atoms with Gasteiger partial charge in [-0.25, -0.2) is 4.98 Å². The van der Waals surface area contributed by atoms with Crippen LogP contribution >= 0.6 is 0 Å². The Hall–Kier alpha value is -2.66. The molecule has 0 amide bonds. The molecule has 3 aromatic rings. The maximum absolute atomic E-state index is 12.2. The fourth-order valence-corrected chi connectivity index (χ4v) is 2.62. The lowest BCUT2D eigenvalue weighted by Crippen LogP contribution is -2.17. The molecule has 0 bridgehead atoms. The maximum atomic E-state index is 12.2. The SMILES string of the molecule is O=c1[nH]c(NC(CCCO)c2ccccc2)nc2ccccc12. The van der Waals surface area contributed by atoms with Crippen LogP contribution in [0.1, 0.15) is 24.4 Å². The summed E-state index contributed by atoms with van der Waals surface area (Å²) in [6.07, 6.45) is 1.42. The molecule has 0 aliphatic rings. The first-order valence-corrected chi connectivity index (χ1v) is 7.69. The standard InChI is InChI=1S/C18H19N3O2/c22-12-6-11-15(13-7-2-1-3-8-13)19-18-20-16-10-5-4-9-14(16)17(23)21-18/h1-5,7-10,15,22H,6,11-12H2,(H2,19,20,21,23). The zero-order valence-corrected chi connectivity index (χ0v) is 12.7. The molecule has 1 unspecified atom stereocenters. The van der Waals surface area contributed by atoms with Gasteiger partial charge in [0.15, 0.2) is 0 Å². The predicted molar refractivity (Wildman–Crippen MR) is 91.5 cm³/mol. The van der Waals surface area contributed by atoms with Gasteiger partial charge in [0.2, 0.25) is 5.95 Å². The molecule has 3 rings (SSSR count). The van der Waals surface area contributed by atoms with Crippen LogP contribution in [0.5, 0.6) is 0 Å². The smallest absolute Gasteiger partial charge is 0.260 e. The summed E-state index contributed by atoms with van der Waals surface area (Å²) in [5.41, 5.74) is 1.59. The number of hydrogen-bond donors (Lipinski definition) is 3. The molecule has 0 radical (unpaired) electrons. The number of hydrogen-bond acceptors (Lipinski definition) is 4. The summed E-state index contributed by atoms with van der Waals surface area (Å²) < 4.78 is 0. The minimum absolute atomic E-state index is 0.0207. The first-order chi connectivity index (χ1) is 11.3. The lowest BCUT2D eigenvalue weighted by Gasteiger charge is -2.19. The molecule has 3 N–H and O–H groups in total. The van der Waals surface area contributed by atoms with Crippen LogP contribution in [0.3, 0.4) is 0 Å². The highest BCUT2D eigenvalue weighted by atomic mass is 16.2. The van der Waals surface area contributed by atoms with Crippen molar-refractivity contribution in [3.05, 3.63) is 70.5 Å². The fraction of sp³-hybridized carbons (Fsp3) is 0.222. The van der Waals surface area contributed by atoms with E-state index in [9.17, 15) is 4.79 Å². The predicted octanol–water partition coefficient (Wildman–Crippen LogP) is 2.85. The third-order valence-electron chi connectivity index (χ3n) is 3.78. The molecular weight excluding hydrogens is 290 g/mol. The minimum Gasteiger partial charge on any atom is -0.396 e. The van der Waals surface area contributed by atoms with Crippen LogP contribution in [0.25, 0.3) is 10.9 Å². The fourth-order valence-electron chi connectivity index (χ4n) is 2.62. The Morgan fingerprint density at radius 1 is 1.09 bits per heavy atom. The van der Waals surface area contributed by atoms with Gasteiger partial charge in [0.05, 0.1) is 16.9 Å². The van der Waals surface area contributed by atoms with Gasteiger partial charge in [-0.3, -0.25) is 9.78 Å². The molecule has 1 aromatic heterocycles. The van der Waals surface area contributed by atoms with Crippen molar-refractivity contribution in [2.24, 2.45) is 0 Å². The van der Waals surface area contributed by atoms with Gasteiger partial charge in [0, 0.05) is 6.61 Å². The van der Waals surface area contributed by atoms with E-state index in [0.717, 1.165) is 12.0 Å². The van der Waals surface area contributed by atoms with Crippen molar-refractivity contribution < 1.29 is 5.11 Å². The average Bonchev–Trinajstić information content (AvgIpc) is 2.59. The zero-order valence-electron chi connectivity index (χ0n) is 12.7. The van der Waals surface area contributed by atoms with E-state index in [0.29, 0.717) is 23.3 Å². The molecule has 0 aliphatic carbocycles. The lowest BCUT2D eigenvalue weighted by atomic mass is 10.0. The lowest BCUT2D eigenvalue weighted by molar-refractivity contribution is 0.281. The van der Waals surface area contributed by atoms with E-state index in [1.807, 2.05) is 48.5 Å². The number of fused-ring (bicyclic) bond motifs is 1. The number of aromatic amines is 1. The highest BCUT2D eigenvalue weighted by Gasteiger charge is 2.13. The van der Waals surface area contributed by atoms with Crippen molar-refractivity contribution in [2.75, 3.05) is 11.9 Å². The highest BCUT2D eigenvalue weighted by Crippen LogP contribution is 2.22. The van der Waals surface area contributed by atoms with Crippen LogP contribution in [0, 0.1) is 0 Å². The van der Waals surface area contributed by atoms with Crippen molar-refractivity contribution in [3.63, 3.8) is 0 Å². The number of aliphatic hydroxyl groups excluding tert-OH is 1. The molecule has 5 nitrogen and oxygen atoms in total. The average molecular weight is 309 g/mol. The molecule has 2 aromatic carbocycles. The third kappa shape index (κ3) is 3.57. The number of nitrogens with zero attached hydrogens (tertiary/aromatic N) is 1. The summed E-state index contributed by atoms with van der Waals surface area (Å²) in [5.74, 6) is 0.445. The van der Waals surface area contributed by atoms with Crippen LogP contribution in [0.2, 0.25) is 0 Å². The van der Waals surface area contributed by atoms with Gasteiger partial charge in [-0.05, 0) is 30.5 Å². The molecule has 0 spiro atoms. The molecular formula is C18H19N3O2. The molecule has 0 saturated heterocycles. The number of anilines is 1. The molecule has 118 valence electrons. The van der Waals surface area contributed by atoms with E-state index in [2.05, 4.69) is 15.3 Å². The molecule has 23 heavy (non-hydrogen) atoms. The Morgan fingerprint density at radius 2 is 1.83 bits per heavy atom. The third-order valence-corrected chi connectivity index (χ3v) is 3.78. The summed E-state index contributed by atoms with van der Waals surface area (Å²) in [5, 5.41) is 13.0. The van der Waals surface area contributed by atoms with E-state index in [4.69, 9.17) is 5.11 Å². The minimum atomic E-state index is -0.160. The molecule has 1 atom stereocenters. The summed E-state index contributed by atoms with van der Waals surface area (Å²) in [7, 11) is 0. The van der Waals surface area contributed by atoms with Crippen molar-refractivity contribution in [3.8, 4) is 0 Å². The molecule has 1 heterocycles. The van der Waals surface area contributed by atoms with Gasteiger partial charge in [0.25, 0.3) is 5.56 Å². The van der Waals surface area contributed by atoms with Gasteiger partial charge in [-0.1, -0.05) is 42.5 Å². The summed E-state index contributed by atoms with van der Waals surface area (Å²) in [6.45, 7) is 0.132. The number of benzene rings is 2. The van der Waals surface area contributed by atoms with E-state index < -0.39 is 0 Å². The van der Waals surface area contributed by atoms with Crippen molar-refractivity contribution in [1.82, 2.24) is 9.97 Å². The summed E-state index contributed by atoms with van der Waals surface area (Å²) in [6, 6.07) is 17.2. The Labute approximate surface area is 134 Å². The number of nitrogens with one attached hydrogen (secondary N) is 2. The Bertz CT molecular complexity index is 830. The largest absolute Gasteiger partial charge is 0.396 e. The second-order valence-electron chi connectivity index (χ2n) is 5.41. The van der Waals surface area contributed by atoms with Gasteiger partial charge in [0.1, 0.15) is 0 Å². The van der Waals surface area contributed by atoms with E-state index >= 15 is 0 Å². The topological polar surface area (TPSA) is 78.0 Å². The second-order valence-corrected chi connectivity index (χ2v) is 5.41. The van der Waals surface area contributed by atoms with Gasteiger partial charge in [-0.15, -0.1) is 0 Å². The van der Waals surface area contributed by atoms with Crippen molar-refractivity contribution >= 4 is 16.9 Å². The molecule has 5 heteroatoms. The molecule has 0 saturated carbocycles. The monoisotopic (exact) mass is 309 g/mol. The Kier molecular flexibility index (Phi) is 4.68. The number of para-hydroxylation sites is 1. The van der Waals surface area contributed by atoms with Crippen LogP contribution in [-0.2, 0) is 0 Å². The number of H-pyrrole nitrogens is 1. The Balaban J connectivity index is 1.92. The van der Waals surface area contributed by atoms with Crippen LogP contribution < -0.4 is 10.9 Å². The molecule has 0 aliphatic heterocycles. The van der Waals surface area contributed by atoms with Crippen LogP contribution in [0.15, 0.2) is 59.4 Å². The Morgan fingerprint density at radius 3 is 2.61 bits per heavy atom. The van der Waals surface area contributed by atoms with Gasteiger partial charge < -0.3 is 10.4 Å². The van der Waals surface area contributed by atoms with Gasteiger partial charge >= 0.3 is 0 Å². The number of rotatable bonds is 6. The second kappa shape index (κ2) is 7.07. The maximum Gasteiger partial charge on any atom is 0.260 e. The zero-order chi connectivity index (χ0) is 16.1. The normalized spacial score (nSPS) is 12.2. The summed E-state index contributed by atoms with van der Waals surface area (Å²) in [4.78, 5) is 19.4. The van der Waals surface area contributed by atoms with E-state index in [1.165, 1.54) is 0 Å². The summed E-state index contributed by atoms with van der Waals surface area (Å²) >= 11 is 0. The first kappa shape index (κ1) is 15.2. The number of aliphatic hydroxyl groups is 1. The quantitative estimate of drug-likeness (QED) is 0.654. The highest BCUT2D eigenvalue weighted by molar-refractivity contribution is 5.78. The van der Waals surface area contributed by atoms with Gasteiger partial charge in [-0.2, -0.15) is 0 Å². The van der Waals surface area contributed by atoms with Crippen molar-refractivity contribution in [2.45, 2.75) is 18.9 Å². The first-order valence-electron chi connectivity index (χ1n) is 7.69. The van der Waals surface area contributed by atoms with E-state index in [-0.39, 0.29) is 18.2 Å².